The molecule has 85 valence electrons. The molecule has 18 heavy (non-hydrogen) atoms. The predicted molar refractivity (Wildman–Crippen MR) is 60.9 cm³/mol. The monoisotopic (exact) mass is 252 g/mol. The van der Waals surface area contributed by atoms with Gasteiger partial charge in [0.25, 0.3) is 0 Å². The molecule has 0 spiro atoms. The third kappa shape index (κ3) is 2.33. The molecule has 0 unspecified atom stereocenters. The molecule has 2 aromatic rings. The number of benzene rings is 2. The molecular formula is C12H7NNaO4. The molecule has 2 rings (SSSR count). The van der Waals surface area contributed by atoms with Crippen LogP contribution in [0.5, 0.6) is 0 Å². The van der Waals surface area contributed by atoms with Crippen molar-refractivity contribution in [1.29, 1.82) is 0 Å². The zero-order valence-corrected chi connectivity index (χ0v) is 11.5. The normalized spacial score (nSPS) is 9.78. The maximum atomic E-state index is 11.0. The maximum Gasteiger partial charge on any atom is 1.00 e. The average Bonchev–Trinajstić information content (AvgIpc) is 2.27. The summed E-state index contributed by atoms with van der Waals surface area (Å²) in [5, 5.41) is 18.5. The van der Waals surface area contributed by atoms with E-state index in [4.69, 9.17) is 10.2 Å². The Kier molecular flexibility index (Phi) is 4.34. The molecule has 2 N–H and O–H groups in total. The Labute approximate surface area is 125 Å². The molecule has 0 saturated heterocycles. The van der Waals surface area contributed by atoms with Gasteiger partial charge in [0.2, 0.25) is 0 Å². The van der Waals surface area contributed by atoms with E-state index < -0.39 is 17.6 Å². The molecule has 0 bridgehead atoms. The summed E-state index contributed by atoms with van der Waals surface area (Å²) in [4.78, 5) is 22.0. The van der Waals surface area contributed by atoms with Crippen LogP contribution in [0.3, 0.4) is 0 Å². The van der Waals surface area contributed by atoms with Crippen LogP contribution in [-0.4, -0.2) is 22.2 Å². The first kappa shape index (κ1) is 14.5. The van der Waals surface area contributed by atoms with Crippen LogP contribution in [0.2, 0.25) is 0 Å². The second kappa shape index (κ2) is 5.39. The van der Waals surface area contributed by atoms with E-state index in [0.29, 0.717) is 0 Å². The number of aromatic carboxylic acids is 2. The Bertz CT molecular complexity index is 639. The second-order valence-electron chi connectivity index (χ2n) is 3.47. The van der Waals surface area contributed by atoms with Crippen LogP contribution in [0.15, 0.2) is 30.3 Å². The van der Waals surface area contributed by atoms with Crippen LogP contribution >= 0.6 is 0 Å². The van der Waals surface area contributed by atoms with Crippen molar-refractivity contribution in [3.63, 3.8) is 0 Å². The Morgan fingerprint density at radius 2 is 1.56 bits per heavy atom. The topological polar surface area (TPSA) is 96.9 Å². The van der Waals surface area contributed by atoms with Gasteiger partial charge in [-0.05, 0) is 10.8 Å². The van der Waals surface area contributed by atoms with Gasteiger partial charge in [-0.3, -0.25) is 0 Å². The number of rotatable bonds is 2. The molecule has 6 heteroatoms. The molecule has 2 aromatic carbocycles. The molecule has 0 aromatic heterocycles. The fourth-order valence-corrected chi connectivity index (χ4v) is 1.76. The summed E-state index contributed by atoms with van der Waals surface area (Å²) in [6, 6.07) is 7.11. The largest absolute Gasteiger partial charge is 1.00 e. The van der Waals surface area contributed by atoms with Crippen molar-refractivity contribution in [1.82, 2.24) is 0 Å². The number of fused-ring (bicyclic) bond motifs is 1. The second-order valence-corrected chi connectivity index (χ2v) is 3.47. The van der Waals surface area contributed by atoms with Gasteiger partial charge in [-0.1, -0.05) is 30.3 Å². The molecule has 0 fully saturated rings. The van der Waals surface area contributed by atoms with Crippen molar-refractivity contribution < 1.29 is 49.4 Å². The molecule has 5 nitrogen and oxygen atoms in total. The summed E-state index contributed by atoms with van der Waals surface area (Å²) >= 11 is 0. The molecule has 0 amide bonds. The Hall–Kier alpha value is -1.56. The molecule has 1 radical (unpaired) electrons. The van der Waals surface area contributed by atoms with Crippen LogP contribution in [0, 0.1) is 0 Å². The molecule has 0 aliphatic rings. The molecule has 0 saturated carbocycles. The van der Waals surface area contributed by atoms with Gasteiger partial charge in [-0.15, -0.1) is 5.69 Å². The molecule has 0 aliphatic heterocycles. The van der Waals surface area contributed by atoms with E-state index in [1.54, 1.807) is 12.1 Å². The summed E-state index contributed by atoms with van der Waals surface area (Å²) in [6.07, 6.45) is 0. The van der Waals surface area contributed by atoms with Crippen molar-refractivity contribution in [2.45, 2.75) is 0 Å². The minimum absolute atomic E-state index is 0. The molecular weight excluding hydrogens is 245 g/mol. The number of carboxylic acid groups (broad SMARTS) is 2. The van der Waals surface area contributed by atoms with Gasteiger partial charge in [-0.2, -0.15) is 0 Å². The van der Waals surface area contributed by atoms with E-state index in [9.17, 15) is 15.3 Å². The number of carboxylic acids is 2. The molecule has 0 atom stereocenters. The van der Waals surface area contributed by atoms with Gasteiger partial charge < -0.3 is 15.9 Å². The van der Waals surface area contributed by atoms with Crippen LogP contribution in [-0.2, 0) is 0 Å². The van der Waals surface area contributed by atoms with Crippen molar-refractivity contribution >= 4 is 28.4 Å². The zero-order valence-electron chi connectivity index (χ0n) is 9.54. The van der Waals surface area contributed by atoms with Gasteiger partial charge in [0, 0.05) is 0 Å². The number of carbonyl (C=O) groups is 2. The van der Waals surface area contributed by atoms with Gasteiger partial charge in [0.1, 0.15) is 0 Å². The van der Waals surface area contributed by atoms with E-state index >= 15 is 0 Å². The first-order chi connectivity index (χ1) is 8.02. The van der Waals surface area contributed by atoms with Gasteiger partial charge in [-0.25, -0.2) is 9.59 Å². The standard InChI is InChI=1S/C12H7NO4.Na/c13-9-5-8(11(14)15)6-3-1-2-4-7(6)10(9)12(16)17;/h1-5H,(H,14,15)(H,16,17);/q-1;+1. The number of nitrogens with zero attached hydrogens (tertiary/aromatic N) is 1. The fraction of sp³-hybridized carbons (Fsp3) is 0. The van der Waals surface area contributed by atoms with Crippen molar-refractivity contribution in [3.8, 4) is 0 Å². The fourth-order valence-electron chi connectivity index (χ4n) is 1.76. The molecule has 0 heterocycles. The van der Waals surface area contributed by atoms with E-state index in [1.165, 1.54) is 12.1 Å². The van der Waals surface area contributed by atoms with Gasteiger partial charge >= 0.3 is 41.5 Å². The smallest absolute Gasteiger partial charge is 0.803 e. The third-order valence-corrected chi connectivity index (χ3v) is 2.47. The minimum atomic E-state index is -1.30. The summed E-state index contributed by atoms with van der Waals surface area (Å²) in [5.74, 6) is -2.51. The van der Waals surface area contributed by atoms with Crippen LogP contribution in [0.4, 0.5) is 5.69 Å². The van der Waals surface area contributed by atoms with Crippen LogP contribution in [0.25, 0.3) is 16.5 Å². The van der Waals surface area contributed by atoms with E-state index in [0.717, 1.165) is 6.07 Å². The van der Waals surface area contributed by atoms with Crippen molar-refractivity contribution in [2.24, 2.45) is 0 Å². The Morgan fingerprint density at radius 1 is 1.00 bits per heavy atom. The summed E-state index contributed by atoms with van der Waals surface area (Å²) in [5.41, 5.74) is 8.61. The minimum Gasteiger partial charge on any atom is -0.803 e. The quantitative estimate of drug-likeness (QED) is 0.717. The number of hydrogen-bond donors (Lipinski definition) is 2. The SMILES string of the molecule is [N-]c1cc(C(=O)O)c2ccccc2c1C(=O)O.[Na+]. The van der Waals surface area contributed by atoms with Gasteiger partial charge in [0.15, 0.2) is 0 Å². The summed E-state index contributed by atoms with van der Waals surface area (Å²) in [6.45, 7) is 0. The Morgan fingerprint density at radius 3 is 2.06 bits per heavy atom. The average molecular weight is 252 g/mol. The van der Waals surface area contributed by atoms with E-state index in [1.807, 2.05) is 0 Å². The first-order valence-corrected chi connectivity index (χ1v) is 4.73. The van der Waals surface area contributed by atoms with Crippen LogP contribution < -0.4 is 29.6 Å². The van der Waals surface area contributed by atoms with Gasteiger partial charge in [0.05, 0.1) is 11.1 Å². The third-order valence-electron chi connectivity index (χ3n) is 2.47. The zero-order chi connectivity index (χ0) is 12.6. The molecule has 0 aliphatic carbocycles. The van der Waals surface area contributed by atoms with Crippen molar-refractivity contribution in [3.05, 3.63) is 47.2 Å². The summed E-state index contributed by atoms with van der Waals surface area (Å²) in [7, 11) is 0. The van der Waals surface area contributed by atoms with Crippen molar-refractivity contribution in [2.75, 3.05) is 0 Å². The number of hydrogen-bond acceptors (Lipinski definition) is 2. The van der Waals surface area contributed by atoms with Crippen LogP contribution in [0.1, 0.15) is 20.7 Å². The predicted octanol–water partition coefficient (Wildman–Crippen LogP) is -0.290. The Balaban J connectivity index is 0.00000162. The van der Waals surface area contributed by atoms with E-state index in [2.05, 4.69) is 0 Å². The van der Waals surface area contributed by atoms with E-state index in [-0.39, 0.29) is 51.5 Å². The maximum absolute atomic E-state index is 11.0. The first-order valence-electron chi connectivity index (χ1n) is 4.73. The summed E-state index contributed by atoms with van der Waals surface area (Å²) < 4.78 is 0.